The van der Waals surface area contributed by atoms with Crippen molar-refractivity contribution in [3.8, 4) is 17.2 Å². The number of nitrogens with zero attached hydrogens (tertiary/aromatic N) is 1. The number of benzene rings is 3. The minimum Gasteiger partial charge on any atom is -0.507 e. The maximum absolute atomic E-state index is 13.5. The number of Topliss-reactive ketones (excluding diaryl/α,β-unsaturated/α-hetero) is 1. The fourth-order valence-corrected chi connectivity index (χ4v) is 4.54. The van der Waals surface area contributed by atoms with Crippen LogP contribution in [0.5, 0.6) is 17.2 Å². The van der Waals surface area contributed by atoms with Crippen molar-refractivity contribution in [2.75, 3.05) is 25.2 Å². The van der Waals surface area contributed by atoms with Crippen LogP contribution in [-0.2, 0) is 9.59 Å². The summed E-state index contributed by atoms with van der Waals surface area (Å²) in [7, 11) is 1.57. The number of ether oxygens (including phenoxy) is 3. The second kappa shape index (κ2) is 10.8. The van der Waals surface area contributed by atoms with E-state index in [4.69, 9.17) is 14.2 Å². The number of hydrogen-bond donors (Lipinski definition) is 1. The van der Waals surface area contributed by atoms with Crippen LogP contribution >= 0.6 is 0 Å². The molecule has 3 aromatic rings. The summed E-state index contributed by atoms with van der Waals surface area (Å²) < 4.78 is 16.7. The molecule has 1 aliphatic heterocycles. The average molecular weight is 502 g/mol. The molecule has 1 N–H and O–H groups in total. The second-order valence-corrected chi connectivity index (χ2v) is 8.76. The minimum atomic E-state index is -0.854. The van der Waals surface area contributed by atoms with E-state index >= 15 is 0 Å². The summed E-state index contributed by atoms with van der Waals surface area (Å²) in [5, 5.41) is 11.6. The normalized spacial score (nSPS) is 16.7. The third kappa shape index (κ3) is 4.89. The van der Waals surface area contributed by atoms with Gasteiger partial charge in [-0.1, -0.05) is 24.3 Å². The van der Waals surface area contributed by atoms with Crippen LogP contribution in [0.2, 0.25) is 0 Å². The van der Waals surface area contributed by atoms with E-state index in [1.807, 2.05) is 45.9 Å². The first-order valence-corrected chi connectivity index (χ1v) is 12.2. The Kier molecular flexibility index (Phi) is 7.53. The van der Waals surface area contributed by atoms with Gasteiger partial charge in [-0.2, -0.15) is 0 Å². The van der Waals surface area contributed by atoms with Gasteiger partial charge < -0.3 is 19.3 Å². The fraction of sp³-hybridized carbons (Fsp3) is 0.267. The number of carbonyl (C=O) groups excluding carboxylic acids is 2. The molecule has 0 aromatic heterocycles. The number of aliphatic hydroxyl groups is 1. The van der Waals surface area contributed by atoms with Crippen LogP contribution in [0.1, 0.15) is 42.1 Å². The quantitative estimate of drug-likeness (QED) is 0.241. The van der Waals surface area contributed by atoms with Gasteiger partial charge in [-0.15, -0.1) is 0 Å². The van der Waals surface area contributed by atoms with Gasteiger partial charge >= 0.3 is 0 Å². The molecule has 0 radical (unpaired) electrons. The van der Waals surface area contributed by atoms with E-state index in [9.17, 15) is 14.7 Å². The van der Waals surface area contributed by atoms with Gasteiger partial charge in [-0.3, -0.25) is 14.5 Å². The topological polar surface area (TPSA) is 85.3 Å². The van der Waals surface area contributed by atoms with Gasteiger partial charge in [0.2, 0.25) is 0 Å². The zero-order valence-corrected chi connectivity index (χ0v) is 21.7. The number of rotatable bonds is 8. The van der Waals surface area contributed by atoms with E-state index in [2.05, 4.69) is 0 Å². The van der Waals surface area contributed by atoms with Crippen LogP contribution < -0.4 is 19.1 Å². The smallest absolute Gasteiger partial charge is 0.300 e. The van der Waals surface area contributed by atoms with Gasteiger partial charge in [0.25, 0.3) is 11.7 Å². The number of methoxy groups -OCH3 is 1. The van der Waals surface area contributed by atoms with Gasteiger partial charge in [-0.25, -0.2) is 0 Å². The number of aryl methyl sites for hydroxylation is 2. The summed E-state index contributed by atoms with van der Waals surface area (Å²) in [4.78, 5) is 28.5. The molecular weight excluding hydrogens is 470 g/mol. The lowest BCUT2D eigenvalue weighted by atomic mass is 9.94. The molecule has 192 valence electrons. The van der Waals surface area contributed by atoms with Gasteiger partial charge in [-0.05, 0) is 74.7 Å². The molecule has 1 fully saturated rings. The van der Waals surface area contributed by atoms with Gasteiger partial charge in [0.05, 0.1) is 37.5 Å². The van der Waals surface area contributed by atoms with Gasteiger partial charge in [0, 0.05) is 11.8 Å². The van der Waals surface area contributed by atoms with E-state index in [0.29, 0.717) is 47.3 Å². The first-order chi connectivity index (χ1) is 17.8. The number of carbonyl (C=O) groups is 2. The van der Waals surface area contributed by atoms with Crippen LogP contribution in [0.15, 0.2) is 66.2 Å². The average Bonchev–Trinajstić information content (AvgIpc) is 3.16. The Morgan fingerprint density at radius 2 is 1.57 bits per heavy atom. The van der Waals surface area contributed by atoms with Crippen LogP contribution in [0.25, 0.3) is 5.76 Å². The number of anilines is 1. The number of amides is 1. The van der Waals surface area contributed by atoms with E-state index in [1.165, 1.54) is 4.90 Å². The van der Waals surface area contributed by atoms with Crippen molar-refractivity contribution < 1.29 is 28.9 Å². The van der Waals surface area contributed by atoms with Crippen molar-refractivity contribution in [3.05, 3.63) is 88.5 Å². The molecule has 7 nitrogen and oxygen atoms in total. The molecule has 0 aliphatic carbocycles. The molecule has 3 aromatic carbocycles. The predicted octanol–water partition coefficient (Wildman–Crippen LogP) is 5.74. The molecule has 4 rings (SSSR count). The Morgan fingerprint density at radius 1 is 0.892 bits per heavy atom. The second-order valence-electron chi connectivity index (χ2n) is 8.76. The van der Waals surface area contributed by atoms with Crippen molar-refractivity contribution in [1.82, 2.24) is 0 Å². The highest BCUT2D eigenvalue weighted by molar-refractivity contribution is 6.51. The summed E-state index contributed by atoms with van der Waals surface area (Å²) >= 11 is 0. The van der Waals surface area contributed by atoms with E-state index in [-0.39, 0.29) is 11.3 Å². The molecule has 1 heterocycles. The molecule has 1 amide bonds. The van der Waals surface area contributed by atoms with Gasteiger partial charge in [0.15, 0.2) is 0 Å². The van der Waals surface area contributed by atoms with Gasteiger partial charge in [0.1, 0.15) is 23.0 Å². The molecule has 1 atom stereocenters. The summed E-state index contributed by atoms with van der Waals surface area (Å²) in [6.07, 6.45) is 0. The van der Waals surface area contributed by atoms with E-state index in [0.717, 1.165) is 11.1 Å². The zero-order chi connectivity index (χ0) is 26.7. The highest BCUT2D eigenvalue weighted by Crippen LogP contribution is 2.45. The summed E-state index contributed by atoms with van der Waals surface area (Å²) in [6, 6.07) is 17.0. The van der Waals surface area contributed by atoms with Crippen LogP contribution in [0.4, 0.5) is 5.69 Å². The lowest BCUT2D eigenvalue weighted by molar-refractivity contribution is -0.132. The first-order valence-electron chi connectivity index (χ1n) is 12.2. The molecule has 7 heteroatoms. The number of aliphatic hydroxyl groups excluding tert-OH is 1. The van der Waals surface area contributed by atoms with E-state index in [1.54, 1.807) is 49.6 Å². The standard InChI is InChI=1S/C30H31NO6/c1-6-36-22-14-15-23(25(17-22)37-7-2)28(32)26-27(20-10-12-21(35-5)13-11-20)31(30(34)29(26)33)24-16-18(3)8-9-19(24)4/h8-17,27,32H,6-7H2,1-5H3/b28-26-. The molecular formula is C30H31NO6. The maximum Gasteiger partial charge on any atom is 0.300 e. The Morgan fingerprint density at radius 3 is 2.22 bits per heavy atom. The van der Waals surface area contributed by atoms with E-state index < -0.39 is 17.7 Å². The molecule has 1 unspecified atom stereocenters. The van der Waals surface area contributed by atoms with Crippen molar-refractivity contribution in [3.63, 3.8) is 0 Å². The third-order valence-electron chi connectivity index (χ3n) is 6.32. The third-order valence-corrected chi connectivity index (χ3v) is 6.32. The zero-order valence-electron chi connectivity index (χ0n) is 21.7. The Balaban J connectivity index is 1.96. The SMILES string of the molecule is CCOc1ccc(/C(O)=C2/C(=O)C(=O)N(c3cc(C)ccc3C)C2c2ccc(OC)cc2)c(OCC)c1. The number of hydrogen-bond acceptors (Lipinski definition) is 6. The molecule has 37 heavy (non-hydrogen) atoms. The Bertz CT molecular complexity index is 1360. The predicted molar refractivity (Wildman–Crippen MR) is 142 cm³/mol. The highest BCUT2D eigenvalue weighted by atomic mass is 16.5. The first kappa shape index (κ1) is 25.8. The van der Waals surface area contributed by atoms with Crippen LogP contribution in [-0.4, -0.2) is 37.1 Å². The largest absolute Gasteiger partial charge is 0.507 e. The molecule has 1 aliphatic rings. The van der Waals surface area contributed by atoms with Crippen molar-refractivity contribution >= 4 is 23.1 Å². The lowest BCUT2D eigenvalue weighted by Crippen LogP contribution is -2.30. The highest BCUT2D eigenvalue weighted by Gasteiger charge is 2.47. The summed E-state index contributed by atoms with van der Waals surface area (Å²) in [5.41, 5.74) is 3.34. The summed E-state index contributed by atoms with van der Waals surface area (Å²) in [5.74, 6) is -0.214. The summed E-state index contributed by atoms with van der Waals surface area (Å²) in [6.45, 7) is 8.32. The van der Waals surface area contributed by atoms with Crippen molar-refractivity contribution in [2.24, 2.45) is 0 Å². The minimum absolute atomic E-state index is 0.0128. The number of ketones is 1. The molecule has 0 spiro atoms. The molecule has 1 saturated heterocycles. The maximum atomic E-state index is 13.5. The molecule has 0 saturated carbocycles. The monoisotopic (exact) mass is 501 g/mol. The lowest BCUT2D eigenvalue weighted by Gasteiger charge is -2.27. The fourth-order valence-electron chi connectivity index (χ4n) is 4.54. The van der Waals surface area contributed by atoms with Crippen LogP contribution in [0.3, 0.4) is 0 Å². The van der Waals surface area contributed by atoms with Crippen molar-refractivity contribution in [2.45, 2.75) is 33.7 Å². The molecule has 0 bridgehead atoms. The van der Waals surface area contributed by atoms with Crippen LogP contribution in [0, 0.1) is 13.8 Å². The Labute approximate surface area is 216 Å². The van der Waals surface area contributed by atoms with Crippen molar-refractivity contribution in [1.29, 1.82) is 0 Å². The Hall–Kier alpha value is -4.26.